The van der Waals surface area contributed by atoms with Gasteiger partial charge in [-0.05, 0) is 31.0 Å². The van der Waals surface area contributed by atoms with Gasteiger partial charge >= 0.3 is 0 Å². The fraction of sp³-hybridized carbons (Fsp3) is 0.350. The molecule has 0 radical (unpaired) electrons. The van der Waals surface area contributed by atoms with Crippen molar-refractivity contribution in [3.8, 4) is 0 Å². The summed E-state index contributed by atoms with van der Waals surface area (Å²) in [5.74, 6) is 1.28. The zero-order valence-electron chi connectivity index (χ0n) is 16.6. The molecule has 0 saturated heterocycles. The summed E-state index contributed by atoms with van der Waals surface area (Å²) < 4.78 is 0. The lowest BCUT2D eigenvalue weighted by atomic mass is 10.1. The Morgan fingerprint density at radius 1 is 1.28 bits per heavy atom. The minimum Gasteiger partial charge on any atom is -0.338 e. The number of quaternary nitrogens is 1. The van der Waals surface area contributed by atoms with Gasteiger partial charge in [-0.3, -0.25) is 4.98 Å². The van der Waals surface area contributed by atoms with E-state index in [4.69, 9.17) is 10.4 Å². The molecule has 3 aromatic rings. The molecule has 4 N–H and O–H groups in total. The zero-order chi connectivity index (χ0) is 20.2. The van der Waals surface area contributed by atoms with E-state index in [1.807, 2.05) is 48.7 Å². The van der Waals surface area contributed by atoms with Crippen molar-refractivity contribution in [2.45, 2.75) is 31.6 Å². The van der Waals surface area contributed by atoms with E-state index in [1.165, 1.54) is 31.9 Å². The summed E-state index contributed by atoms with van der Waals surface area (Å²) in [4.78, 5) is 11.1. The lowest BCUT2D eigenvalue weighted by Crippen LogP contribution is -2.73. The fourth-order valence-electron chi connectivity index (χ4n) is 3.56. The van der Waals surface area contributed by atoms with Crippen molar-refractivity contribution in [3.05, 3.63) is 41.3 Å². The number of aromatic nitrogens is 4. The Hall–Kier alpha value is -2.91. The van der Waals surface area contributed by atoms with E-state index in [0.717, 1.165) is 38.4 Å². The van der Waals surface area contributed by atoms with Crippen LogP contribution in [0.3, 0.4) is 0 Å². The van der Waals surface area contributed by atoms with E-state index in [1.54, 1.807) is 17.5 Å². The van der Waals surface area contributed by atoms with Crippen LogP contribution in [0.2, 0.25) is 0 Å². The van der Waals surface area contributed by atoms with E-state index in [-0.39, 0.29) is 0 Å². The van der Waals surface area contributed by atoms with Crippen molar-refractivity contribution in [1.82, 2.24) is 20.2 Å². The molecule has 1 saturated carbocycles. The molecule has 1 aliphatic carbocycles. The lowest BCUT2D eigenvalue weighted by Gasteiger charge is -2.18. The second-order valence-electron chi connectivity index (χ2n) is 7.11. The maximum absolute atomic E-state index is 7.62. The summed E-state index contributed by atoms with van der Waals surface area (Å²) in [7, 11) is 3.85. The first-order valence-corrected chi connectivity index (χ1v) is 10.6. The normalized spacial score (nSPS) is 15.0. The minimum atomic E-state index is 0.561. The number of nitrogens with one attached hydrogen (secondary N) is 2. The van der Waals surface area contributed by atoms with E-state index >= 15 is 0 Å². The van der Waals surface area contributed by atoms with Crippen LogP contribution in [-0.2, 0) is 0 Å². The highest BCUT2D eigenvalue weighted by Gasteiger charge is 2.21. The molecule has 1 aliphatic rings. The molecular formula is C20H25N8S+. The molecule has 0 unspecified atom stereocenters. The van der Waals surface area contributed by atoms with Gasteiger partial charge in [-0.15, -0.1) is 10.2 Å². The number of nitrogens with two attached hydrogens (primary N) is 1. The molecule has 0 spiro atoms. The molecule has 0 amide bonds. The Labute approximate surface area is 173 Å². The van der Waals surface area contributed by atoms with Crippen molar-refractivity contribution in [2.75, 3.05) is 24.3 Å². The smallest absolute Gasteiger partial charge is 0.211 e. The van der Waals surface area contributed by atoms with Crippen LogP contribution in [0.4, 0.5) is 16.6 Å². The third-order valence-electron chi connectivity index (χ3n) is 5.16. The Morgan fingerprint density at radius 2 is 2.10 bits per heavy atom. The van der Waals surface area contributed by atoms with Crippen molar-refractivity contribution in [2.24, 2.45) is 0 Å². The van der Waals surface area contributed by atoms with Crippen molar-refractivity contribution < 1.29 is 5.32 Å². The lowest BCUT2D eigenvalue weighted by molar-refractivity contribution is -0.557. The molecule has 150 valence electrons. The van der Waals surface area contributed by atoms with Crippen LogP contribution in [0.15, 0.2) is 36.3 Å². The summed E-state index contributed by atoms with van der Waals surface area (Å²) in [5.41, 5.74) is 3.25. The van der Waals surface area contributed by atoms with Gasteiger partial charge in [-0.2, -0.15) is 0 Å². The van der Waals surface area contributed by atoms with Crippen molar-refractivity contribution >= 4 is 45.2 Å². The first kappa shape index (κ1) is 19.4. The van der Waals surface area contributed by atoms with Gasteiger partial charge in [0.1, 0.15) is 22.7 Å². The number of allylic oxidation sites excluding steroid dienone is 1. The second kappa shape index (κ2) is 8.62. The van der Waals surface area contributed by atoms with Gasteiger partial charge in [0.05, 0.1) is 30.0 Å². The van der Waals surface area contributed by atoms with Crippen LogP contribution >= 0.6 is 11.3 Å². The maximum Gasteiger partial charge on any atom is 0.211 e. The molecule has 9 heteroatoms. The molecule has 4 rings (SSSR count). The van der Waals surface area contributed by atoms with E-state index in [0.29, 0.717) is 5.92 Å². The van der Waals surface area contributed by atoms with Crippen LogP contribution in [-0.4, -0.2) is 40.5 Å². The molecule has 3 aromatic heterocycles. The molecule has 0 bridgehead atoms. The molecule has 8 nitrogen and oxygen atoms in total. The Bertz CT molecular complexity index is 1040. The van der Waals surface area contributed by atoms with E-state index < -0.39 is 0 Å². The van der Waals surface area contributed by atoms with E-state index in [9.17, 15) is 0 Å². The molecule has 0 aliphatic heterocycles. The Balaban J connectivity index is 1.56. The minimum absolute atomic E-state index is 0.561. The van der Waals surface area contributed by atoms with Gasteiger partial charge < -0.3 is 20.9 Å². The number of hydrogen-bond acceptors (Lipinski definition) is 8. The Morgan fingerprint density at radius 3 is 2.86 bits per heavy atom. The maximum atomic E-state index is 7.62. The largest absolute Gasteiger partial charge is 0.338 e. The molecule has 29 heavy (non-hydrogen) atoms. The molecule has 3 heterocycles. The third-order valence-corrected chi connectivity index (χ3v) is 6.16. The number of fused-ring (bicyclic) bond motifs is 1. The topological polar surface area (TPSA) is 107 Å². The average Bonchev–Trinajstić information content (AvgIpc) is 3.43. The van der Waals surface area contributed by atoms with Crippen LogP contribution in [0.25, 0.3) is 11.0 Å². The average molecular weight is 410 g/mol. The predicted octanol–water partition coefficient (Wildman–Crippen LogP) is 3.00. The molecule has 1 fully saturated rings. The van der Waals surface area contributed by atoms with Gasteiger partial charge in [0.25, 0.3) is 0 Å². The summed E-state index contributed by atoms with van der Waals surface area (Å²) in [5, 5.41) is 23.4. The van der Waals surface area contributed by atoms with Crippen LogP contribution in [0.1, 0.15) is 36.6 Å². The van der Waals surface area contributed by atoms with Gasteiger partial charge in [-0.1, -0.05) is 24.2 Å². The van der Waals surface area contributed by atoms with Crippen LogP contribution in [0.5, 0.6) is 0 Å². The number of hydrogen-bond donors (Lipinski definition) is 3. The van der Waals surface area contributed by atoms with Gasteiger partial charge in [-0.25, -0.2) is 4.98 Å². The predicted molar refractivity (Wildman–Crippen MR) is 117 cm³/mol. The second-order valence-corrected chi connectivity index (χ2v) is 8.12. The number of pyridine rings is 2. The highest BCUT2D eigenvalue weighted by atomic mass is 32.1. The third kappa shape index (κ3) is 4.25. The van der Waals surface area contributed by atoms with Crippen molar-refractivity contribution in [3.63, 3.8) is 0 Å². The Kier molecular flexibility index (Phi) is 5.77. The summed E-state index contributed by atoms with van der Waals surface area (Å²) in [6.07, 6.45) is 10.0. The molecule has 0 aromatic carbocycles. The SMILES string of the molecule is C[NH2+]/C=C(\C=N)N(C)c1cnc2ccc(Nc3nnc(C4CCCC4)s3)nc2c1. The van der Waals surface area contributed by atoms with Gasteiger partial charge in [0.15, 0.2) is 0 Å². The quantitative estimate of drug-likeness (QED) is 0.518. The first-order valence-electron chi connectivity index (χ1n) is 9.79. The van der Waals surface area contributed by atoms with Gasteiger partial charge in [0.2, 0.25) is 5.13 Å². The summed E-state index contributed by atoms with van der Waals surface area (Å²) in [6.45, 7) is 0. The monoisotopic (exact) mass is 409 g/mol. The number of nitrogens with zero attached hydrogens (tertiary/aromatic N) is 5. The fourth-order valence-corrected chi connectivity index (χ4v) is 4.48. The highest BCUT2D eigenvalue weighted by Crippen LogP contribution is 2.37. The van der Waals surface area contributed by atoms with Crippen LogP contribution in [0, 0.1) is 5.41 Å². The van der Waals surface area contributed by atoms with Crippen molar-refractivity contribution in [1.29, 1.82) is 5.41 Å². The van der Waals surface area contributed by atoms with Gasteiger partial charge in [0, 0.05) is 19.2 Å². The molecule has 0 atom stereocenters. The standard InChI is InChI=1S/C20H24N8S/c1-22-11-15(10-21)28(2)14-9-17-16(23-12-14)7-8-18(24-17)25-20-27-26-19(29-20)13-5-3-4-6-13/h7-13,21-22H,3-6H2,1-2H3,(H,24,25,27)/p+1/b15-11+,21-10?. The number of rotatable bonds is 7. The zero-order valence-corrected chi connectivity index (χ0v) is 17.4. The number of anilines is 3. The highest BCUT2D eigenvalue weighted by molar-refractivity contribution is 7.15. The summed E-state index contributed by atoms with van der Waals surface area (Å²) >= 11 is 1.62. The summed E-state index contributed by atoms with van der Waals surface area (Å²) in [6, 6.07) is 5.83. The van der Waals surface area contributed by atoms with E-state index in [2.05, 4.69) is 20.5 Å². The van der Waals surface area contributed by atoms with Crippen LogP contribution < -0.4 is 15.5 Å². The molecular weight excluding hydrogens is 384 g/mol. The first-order chi connectivity index (χ1) is 14.2.